The number of halogens is 1. The number of hydrogen-bond acceptors (Lipinski definition) is 4. The van der Waals surface area contributed by atoms with E-state index in [1.165, 1.54) is 0 Å². The summed E-state index contributed by atoms with van der Waals surface area (Å²) in [6.07, 6.45) is 4.84. The van der Waals surface area contributed by atoms with Crippen LogP contribution in [0.15, 0.2) is 18.2 Å². The van der Waals surface area contributed by atoms with Crippen LogP contribution in [0.1, 0.15) is 50.2 Å². The second-order valence-corrected chi connectivity index (χ2v) is 7.64. The van der Waals surface area contributed by atoms with E-state index in [-0.39, 0.29) is 12.6 Å². The highest BCUT2D eigenvalue weighted by molar-refractivity contribution is 7.83. The van der Waals surface area contributed by atoms with E-state index >= 15 is 0 Å². The molecule has 1 spiro atoms. The average molecular weight is 362 g/mol. The van der Waals surface area contributed by atoms with Gasteiger partial charge < -0.3 is 9.47 Å². The van der Waals surface area contributed by atoms with Crippen molar-refractivity contribution in [1.82, 2.24) is 4.72 Å². The van der Waals surface area contributed by atoms with Gasteiger partial charge in [-0.1, -0.05) is 30.2 Å². The molecule has 1 heterocycles. The molecule has 3 rings (SSSR count). The highest BCUT2D eigenvalue weighted by Crippen LogP contribution is 2.48. The molecule has 1 fully saturated rings. The van der Waals surface area contributed by atoms with E-state index in [9.17, 15) is 8.42 Å². The molecule has 128 valence electrons. The van der Waals surface area contributed by atoms with Crippen LogP contribution in [0.2, 0.25) is 5.02 Å². The van der Waals surface area contributed by atoms with Gasteiger partial charge in [0.25, 0.3) is 0 Å². The lowest BCUT2D eigenvalue weighted by Gasteiger charge is -2.44. The summed E-state index contributed by atoms with van der Waals surface area (Å²) in [5.41, 5.74) is 0.811. The standard InChI is InChI=1S/C15H20ClNO5S/c16-12-6-4-5-11-13(7-10-17-23(18,19)20)21-15(22-14(11)12)8-2-1-3-9-15/h4-6,13,17H,1-3,7-10H2,(H,18,19,20). The summed E-state index contributed by atoms with van der Waals surface area (Å²) in [4.78, 5) is 0. The fourth-order valence-electron chi connectivity index (χ4n) is 3.26. The molecule has 8 heteroatoms. The third-order valence-corrected chi connectivity index (χ3v) is 5.16. The van der Waals surface area contributed by atoms with Crippen molar-refractivity contribution in [3.8, 4) is 5.75 Å². The summed E-state index contributed by atoms with van der Waals surface area (Å²) >= 11 is 6.28. The topological polar surface area (TPSA) is 84.9 Å². The van der Waals surface area contributed by atoms with Crippen molar-refractivity contribution in [1.29, 1.82) is 0 Å². The molecule has 0 bridgehead atoms. The highest BCUT2D eigenvalue weighted by atomic mass is 35.5. The van der Waals surface area contributed by atoms with Gasteiger partial charge in [0.2, 0.25) is 5.79 Å². The van der Waals surface area contributed by atoms with E-state index in [0.29, 0.717) is 17.2 Å². The van der Waals surface area contributed by atoms with Crippen molar-refractivity contribution in [2.75, 3.05) is 6.54 Å². The Kier molecular flexibility index (Phi) is 4.85. The summed E-state index contributed by atoms with van der Waals surface area (Å²) in [5, 5.41) is 0.531. The minimum atomic E-state index is -4.21. The molecular weight excluding hydrogens is 342 g/mol. The maximum absolute atomic E-state index is 10.8. The molecule has 1 aromatic carbocycles. The van der Waals surface area contributed by atoms with Crippen LogP contribution < -0.4 is 9.46 Å². The molecule has 1 aliphatic heterocycles. The summed E-state index contributed by atoms with van der Waals surface area (Å²) in [7, 11) is -4.21. The zero-order valence-corrected chi connectivity index (χ0v) is 14.2. The average Bonchev–Trinajstić information content (AvgIpc) is 2.48. The lowest BCUT2D eigenvalue weighted by Crippen LogP contribution is -2.45. The Hall–Kier alpha value is -0.860. The first-order valence-electron chi connectivity index (χ1n) is 7.76. The van der Waals surface area contributed by atoms with Crippen molar-refractivity contribution in [3.05, 3.63) is 28.8 Å². The molecule has 6 nitrogen and oxygen atoms in total. The first kappa shape index (κ1) is 17.0. The maximum Gasteiger partial charge on any atom is 0.333 e. The van der Waals surface area contributed by atoms with Crippen molar-refractivity contribution in [2.45, 2.75) is 50.4 Å². The predicted octanol–water partition coefficient (Wildman–Crippen LogP) is 3.23. The largest absolute Gasteiger partial charge is 0.460 e. The second-order valence-electron chi connectivity index (χ2n) is 6.00. The molecule has 23 heavy (non-hydrogen) atoms. The van der Waals surface area contributed by atoms with Gasteiger partial charge in [-0.05, 0) is 25.3 Å². The first-order chi connectivity index (χ1) is 10.9. The Morgan fingerprint density at radius 1 is 1.30 bits per heavy atom. The number of fused-ring (bicyclic) bond motifs is 1. The monoisotopic (exact) mass is 361 g/mol. The van der Waals surface area contributed by atoms with E-state index in [1.54, 1.807) is 6.07 Å². The Balaban J connectivity index is 1.84. The lowest BCUT2D eigenvalue weighted by molar-refractivity contribution is -0.245. The Morgan fingerprint density at radius 2 is 2.04 bits per heavy atom. The molecule has 0 amide bonds. The van der Waals surface area contributed by atoms with E-state index in [2.05, 4.69) is 4.72 Å². The van der Waals surface area contributed by atoms with Gasteiger partial charge in [0.1, 0.15) is 5.75 Å². The molecule has 1 aliphatic carbocycles. The number of hydrogen-bond donors (Lipinski definition) is 2. The number of ether oxygens (including phenoxy) is 2. The van der Waals surface area contributed by atoms with Crippen LogP contribution in [0.3, 0.4) is 0 Å². The van der Waals surface area contributed by atoms with Crippen molar-refractivity contribution in [3.63, 3.8) is 0 Å². The zero-order valence-electron chi connectivity index (χ0n) is 12.6. The molecule has 1 aromatic rings. The molecule has 1 saturated carbocycles. The van der Waals surface area contributed by atoms with E-state index < -0.39 is 16.1 Å². The minimum Gasteiger partial charge on any atom is -0.460 e. The smallest absolute Gasteiger partial charge is 0.333 e. The van der Waals surface area contributed by atoms with Gasteiger partial charge in [-0.25, -0.2) is 0 Å². The summed E-state index contributed by atoms with van der Waals surface area (Å²) in [6.45, 7) is 0.0749. The molecule has 2 aliphatic rings. The molecule has 2 N–H and O–H groups in total. The molecule has 0 saturated heterocycles. The van der Waals surface area contributed by atoms with Gasteiger partial charge in [-0.3, -0.25) is 4.55 Å². The van der Waals surface area contributed by atoms with E-state index in [1.807, 2.05) is 12.1 Å². The molecule has 1 atom stereocenters. The van der Waals surface area contributed by atoms with Crippen LogP contribution in [0.5, 0.6) is 5.75 Å². The summed E-state index contributed by atoms with van der Waals surface area (Å²) in [5.74, 6) is -0.0573. The predicted molar refractivity (Wildman–Crippen MR) is 85.9 cm³/mol. The van der Waals surface area contributed by atoms with Crippen LogP contribution in [0.4, 0.5) is 0 Å². The van der Waals surface area contributed by atoms with Crippen molar-refractivity contribution in [2.24, 2.45) is 0 Å². The van der Waals surface area contributed by atoms with Crippen LogP contribution in [-0.4, -0.2) is 25.3 Å². The molecular formula is C15H20ClNO5S. The van der Waals surface area contributed by atoms with E-state index in [4.69, 9.17) is 25.6 Å². The van der Waals surface area contributed by atoms with Gasteiger partial charge in [0.15, 0.2) is 0 Å². The van der Waals surface area contributed by atoms with Gasteiger partial charge in [0.05, 0.1) is 11.1 Å². The Morgan fingerprint density at radius 3 is 2.74 bits per heavy atom. The quantitative estimate of drug-likeness (QED) is 0.804. The Labute approximate surface area is 141 Å². The third kappa shape index (κ3) is 3.97. The number of rotatable bonds is 4. The fraction of sp³-hybridized carbons (Fsp3) is 0.600. The maximum atomic E-state index is 10.8. The lowest BCUT2D eigenvalue weighted by atomic mass is 9.91. The van der Waals surface area contributed by atoms with Crippen LogP contribution >= 0.6 is 11.6 Å². The highest BCUT2D eigenvalue weighted by Gasteiger charge is 2.43. The number of nitrogens with one attached hydrogen (secondary N) is 1. The van der Waals surface area contributed by atoms with Crippen LogP contribution in [0, 0.1) is 0 Å². The second kappa shape index (κ2) is 6.57. The Bertz CT molecular complexity index is 672. The minimum absolute atomic E-state index is 0.0749. The fourth-order valence-corrected chi connectivity index (χ4v) is 3.86. The third-order valence-electron chi connectivity index (χ3n) is 4.30. The molecule has 0 radical (unpaired) electrons. The van der Waals surface area contributed by atoms with Crippen LogP contribution in [-0.2, 0) is 15.0 Å². The molecule has 1 unspecified atom stereocenters. The summed E-state index contributed by atoms with van der Waals surface area (Å²) < 4.78 is 44.9. The number of para-hydroxylation sites is 1. The SMILES string of the molecule is O=S(=O)(O)NCCC1OC2(CCCCC2)Oc2c(Cl)cccc21. The van der Waals surface area contributed by atoms with Gasteiger partial charge in [0, 0.05) is 24.9 Å². The van der Waals surface area contributed by atoms with Gasteiger partial charge in [-0.15, -0.1) is 0 Å². The van der Waals surface area contributed by atoms with Gasteiger partial charge in [-0.2, -0.15) is 13.1 Å². The summed E-state index contributed by atoms with van der Waals surface area (Å²) in [6, 6.07) is 5.46. The zero-order chi connectivity index (χ0) is 16.5. The number of benzene rings is 1. The molecule has 0 aromatic heterocycles. The normalized spacial score (nSPS) is 23.3. The van der Waals surface area contributed by atoms with Crippen LogP contribution in [0.25, 0.3) is 0 Å². The first-order valence-corrected chi connectivity index (χ1v) is 9.58. The van der Waals surface area contributed by atoms with Crippen molar-refractivity contribution < 1.29 is 22.4 Å². The van der Waals surface area contributed by atoms with E-state index in [0.717, 1.165) is 37.7 Å². The van der Waals surface area contributed by atoms with Gasteiger partial charge >= 0.3 is 10.3 Å². The van der Waals surface area contributed by atoms with Crippen molar-refractivity contribution >= 4 is 21.9 Å².